The summed E-state index contributed by atoms with van der Waals surface area (Å²) in [6.07, 6.45) is -1.26. The summed E-state index contributed by atoms with van der Waals surface area (Å²) in [6.45, 7) is 0.881. The molecule has 5 nitrogen and oxygen atoms in total. The van der Waals surface area contributed by atoms with E-state index < -0.39 is 41.9 Å². The van der Waals surface area contributed by atoms with Gasteiger partial charge < -0.3 is 14.8 Å². The number of fused-ring (bicyclic) bond motifs is 1. The molecule has 7 heteroatoms. The minimum atomic E-state index is -1.26. The summed E-state index contributed by atoms with van der Waals surface area (Å²) in [5, 5.41) is 4.05. The van der Waals surface area contributed by atoms with Crippen molar-refractivity contribution in [2.24, 2.45) is 0 Å². The predicted molar refractivity (Wildman–Crippen MR) is 100.0 cm³/mol. The Morgan fingerprint density at radius 2 is 1.64 bits per heavy atom. The molecule has 0 aliphatic rings. The van der Waals surface area contributed by atoms with Crippen molar-refractivity contribution in [2.45, 2.75) is 13.0 Å². The highest BCUT2D eigenvalue weighted by Gasteiger charge is 2.21. The number of anilines is 1. The lowest BCUT2D eigenvalue weighted by Gasteiger charge is -2.14. The lowest BCUT2D eigenvalue weighted by molar-refractivity contribution is -0.155. The van der Waals surface area contributed by atoms with E-state index in [2.05, 4.69) is 5.32 Å². The van der Waals surface area contributed by atoms with Gasteiger partial charge in [0, 0.05) is 0 Å². The van der Waals surface area contributed by atoms with Crippen molar-refractivity contribution >= 4 is 28.3 Å². The van der Waals surface area contributed by atoms with Gasteiger partial charge in [-0.1, -0.05) is 36.4 Å². The summed E-state index contributed by atoms with van der Waals surface area (Å²) in [4.78, 5) is 23.9. The van der Waals surface area contributed by atoms with Crippen LogP contribution in [0.4, 0.5) is 14.5 Å². The number of carbonyl (C=O) groups excluding carboxylic acids is 2. The molecule has 28 heavy (non-hydrogen) atoms. The van der Waals surface area contributed by atoms with E-state index in [1.54, 1.807) is 12.1 Å². The highest BCUT2D eigenvalue weighted by Crippen LogP contribution is 2.21. The zero-order valence-electron chi connectivity index (χ0n) is 14.9. The summed E-state index contributed by atoms with van der Waals surface area (Å²) in [5.41, 5.74) is -0.595. The van der Waals surface area contributed by atoms with Gasteiger partial charge in [-0.3, -0.25) is 4.79 Å². The topological polar surface area (TPSA) is 64.6 Å². The number of benzene rings is 3. The summed E-state index contributed by atoms with van der Waals surface area (Å²) < 4.78 is 37.5. The van der Waals surface area contributed by atoms with Crippen molar-refractivity contribution in [2.75, 3.05) is 11.9 Å². The molecule has 1 amide bonds. The third-order valence-electron chi connectivity index (χ3n) is 3.97. The van der Waals surface area contributed by atoms with E-state index in [1.165, 1.54) is 13.0 Å². The van der Waals surface area contributed by atoms with Crippen LogP contribution >= 0.6 is 0 Å². The molecular weight excluding hydrogens is 368 g/mol. The molecule has 3 aromatic carbocycles. The predicted octanol–water partition coefficient (Wildman–Crippen LogP) is 4.07. The number of halogens is 2. The number of carbonyl (C=O) groups is 2. The van der Waals surface area contributed by atoms with Gasteiger partial charge in [-0.15, -0.1) is 0 Å². The fourth-order valence-electron chi connectivity index (χ4n) is 2.53. The van der Waals surface area contributed by atoms with Gasteiger partial charge >= 0.3 is 5.97 Å². The van der Waals surface area contributed by atoms with Gasteiger partial charge in [0.2, 0.25) is 0 Å². The van der Waals surface area contributed by atoms with Crippen LogP contribution in [-0.4, -0.2) is 24.6 Å². The van der Waals surface area contributed by atoms with Crippen LogP contribution in [0.2, 0.25) is 0 Å². The molecule has 0 heterocycles. The molecule has 3 aromatic rings. The normalized spacial score (nSPS) is 11.7. The molecule has 0 aromatic heterocycles. The van der Waals surface area contributed by atoms with Crippen molar-refractivity contribution in [1.82, 2.24) is 0 Å². The van der Waals surface area contributed by atoms with E-state index in [0.717, 1.165) is 22.9 Å². The third-order valence-corrected chi connectivity index (χ3v) is 3.97. The van der Waals surface area contributed by atoms with Crippen molar-refractivity contribution < 1.29 is 27.8 Å². The molecule has 3 rings (SSSR count). The molecule has 0 fully saturated rings. The number of para-hydroxylation sites is 1. The van der Waals surface area contributed by atoms with Crippen LogP contribution in [-0.2, 0) is 14.3 Å². The Hall–Kier alpha value is -3.48. The van der Waals surface area contributed by atoms with Crippen LogP contribution in [0.25, 0.3) is 10.8 Å². The molecule has 1 N–H and O–H groups in total. The summed E-state index contributed by atoms with van der Waals surface area (Å²) in [7, 11) is 0. The quantitative estimate of drug-likeness (QED) is 0.650. The van der Waals surface area contributed by atoms with Gasteiger partial charge in [0.05, 0.1) is 0 Å². The van der Waals surface area contributed by atoms with Gasteiger partial charge in [0.25, 0.3) is 5.91 Å². The standard InChI is InChI=1S/C21H17F2NO4/c1-13(21(26)24-20-17(22)7-4-8-18(20)23)28-19(25)12-27-16-10-9-14-5-2-3-6-15(14)11-16/h2-11,13H,12H2,1H3,(H,24,26). The smallest absolute Gasteiger partial charge is 0.344 e. The van der Waals surface area contributed by atoms with Gasteiger partial charge in [0.15, 0.2) is 12.7 Å². The van der Waals surface area contributed by atoms with E-state index in [9.17, 15) is 18.4 Å². The first-order valence-corrected chi connectivity index (χ1v) is 8.50. The third kappa shape index (κ3) is 4.62. The molecule has 0 saturated heterocycles. The van der Waals surface area contributed by atoms with Crippen LogP contribution in [0.15, 0.2) is 60.7 Å². The molecule has 0 radical (unpaired) electrons. The second-order valence-electron chi connectivity index (χ2n) is 6.02. The fourth-order valence-corrected chi connectivity index (χ4v) is 2.53. The first-order valence-electron chi connectivity index (χ1n) is 8.50. The Balaban J connectivity index is 1.54. The molecule has 0 saturated carbocycles. The lowest BCUT2D eigenvalue weighted by Crippen LogP contribution is -2.32. The number of ether oxygens (including phenoxy) is 2. The maximum absolute atomic E-state index is 13.6. The Bertz CT molecular complexity index is 1000. The van der Waals surface area contributed by atoms with Gasteiger partial charge in [-0.25, -0.2) is 13.6 Å². The minimum absolute atomic E-state index is 0.413. The number of rotatable bonds is 6. The average Bonchev–Trinajstić information content (AvgIpc) is 2.69. The molecule has 0 aliphatic carbocycles. The van der Waals surface area contributed by atoms with E-state index in [4.69, 9.17) is 9.47 Å². The molecule has 144 valence electrons. The van der Waals surface area contributed by atoms with E-state index >= 15 is 0 Å². The molecule has 0 bridgehead atoms. The molecule has 0 aliphatic heterocycles. The average molecular weight is 385 g/mol. The van der Waals surface area contributed by atoms with Crippen molar-refractivity contribution in [3.8, 4) is 5.75 Å². The number of amides is 1. The first kappa shape index (κ1) is 19.3. The zero-order chi connectivity index (χ0) is 20.1. The highest BCUT2D eigenvalue weighted by molar-refractivity contribution is 5.95. The van der Waals surface area contributed by atoms with Crippen LogP contribution in [0.3, 0.4) is 0 Å². The summed E-state index contributed by atoms with van der Waals surface area (Å²) in [6, 6.07) is 16.2. The zero-order valence-corrected chi connectivity index (χ0v) is 14.9. The number of hydrogen-bond acceptors (Lipinski definition) is 4. The van der Waals surface area contributed by atoms with Crippen molar-refractivity contribution in [3.05, 3.63) is 72.3 Å². The molecule has 1 unspecified atom stereocenters. The van der Waals surface area contributed by atoms with E-state index in [1.807, 2.05) is 30.3 Å². The molecule has 1 atom stereocenters. The van der Waals surface area contributed by atoms with Gasteiger partial charge in [-0.05, 0) is 42.0 Å². The largest absolute Gasteiger partial charge is 0.482 e. The molecule has 0 spiro atoms. The van der Waals surface area contributed by atoms with Gasteiger partial charge in [0.1, 0.15) is 23.1 Å². The Kier molecular flexibility index (Phi) is 5.84. The maximum Gasteiger partial charge on any atom is 0.344 e. The maximum atomic E-state index is 13.6. The van der Waals surface area contributed by atoms with Crippen molar-refractivity contribution in [1.29, 1.82) is 0 Å². The highest BCUT2D eigenvalue weighted by atomic mass is 19.1. The second kappa shape index (κ2) is 8.47. The second-order valence-corrected chi connectivity index (χ2v) is 6.02. The Morgan fingerprint density at radius 1 is 0.964 bits per heavy atom. The van der Waals surface area contributed by atoms with Gasteiger partial charge in [-0.2, -0.15) is 0 Å². The Labute approximate surface area is 159 Å². The minimum Gasteiger partial charge on any atom is -0.482 e. The lowest BCUT2D eigenvalue weighted by atomic mass is 10.1. The van der Waals surface area contributed by atoms with Crippen LogP contribution in [0.5, 0.6) is 5.75 Å². The Morgan fingerprint density at radius 3 is 2.36 bits per heavy atom. The SMILES string of the molecule is CC(OC(=O)COc1ccc2ccccc2c1)C(=O)Nc1c(F)cccc1F. The van der Waals surface area contributed by atoms with Crippen LogP contribution in [0.1, 0.15) is 6.92 Å². The summed E-state index contributed by atoms with van der Waals surface area (Å²) >= 11 is 0. The van der Waals surface area contributed by atoms with Crippen LogP contribution < -0.4 is 10.1 Å². The van der Waals surface area contributed by atoms with E-state index in [0.29, 0.717) is 5.75 Å². The van der Waals surface area contributed by atoms with Crippen molar-refractivity contribution in [3.63, 3.8) is 0 Å². The van der Waals surface area contributed by atoms with Crippen LogP contribution in [0, 0.1) is 11.6 Å². The fraction of sp³-hybridized carbons (Fsp3) is 0.143. The molecular formula is C21H17F2NO4. The van der Waals surface area contributed by atoms with E-state index in [-0.39, 0.29) is 0 Å². The number of hydrogen-bond donors (Lipinski definition) is 1. The summed E-state index contributed by atoms with van der Waals surface area (Å²) in [5.74, 6) is -3.02. The number of esters is 1. The monoisotopic (exact) mass is 385 g/mol. The first-order chi connectivity index (χ1) is 13.4. The number of nitrogens with one attached hydrogen (secondary N) is 1.